The number of thiazole rings is 1. The second-order valence-corrected chi connectivity index (χ2v) is 15.2. The van der Waals surface area contributed by atoms with Gasteiger partial charge in [-0.1, -0.05) is 82.0 Å². The molecule has 4 aromatic carbocycles. The minimum absolute atomic E-state index is 0. The van der Waals surface area contributed by atoms with Gasteiger partial charge in [0.2, 0.25) is 0 Å². The van der Waals surface area contributed by atoms with Crippen LogP contribution in [0.5, 0.6) is 0 Å². The maximum atomic E-state index is 8.82. The molecular formula is C45H41IrN3OS-2. The second kappa shape index (κ2) is 14.6. The second-order valence-electron chi connectivity index (χ2n) is 14.2. The van der Waals surface area contributed by atoms with Crippen molar-refractivity contribution in [2.45, 2.75) is 66.7 Å². The third-order valence-electron chi connectivity index (χ3n) is 8.93. The number of furan rings is 1. The van der Waals surface area contributed by atoms with Crippen LogP contribution in [-0.4, -0.2) is 15.0 Å². The molecule has 0 N–H and O–H groups in total. The van der Waals surface area contributed by atoms with Crippen LogP contribution in [0, 0.1) is 32.9 Å². The van der Waals surface area contributed by atoms with E-state index in [4.69, 9.17) is 15.8 Å². The monoisotopic (exact) mass is 865 g/mol. The fourth-order valence-electron chi connectivity index (χ4n) is 6.29. The molecule has 0 atom stereocenters. The van der Waals surface area contributed by atoms with E-state index >= 15 is 0 Å². The van der Waals surface area contributed by atoms with E-state index < -0.39 is 5.89 Å². The predicted molar refractivity (Wildman–Crippen MR) is 210 cm³/mol. The topological polar surface area (TPSA) is 51.8 Å². The standard InChI is InChI=1S/C33H31N2OS.C12H10N.Ir/c1-18(2)25-17-34-26(14-24(25)30-19(3)10-8-11-20(30)4)22-13-9-12-21-23-15-29-27(16-28(23)36-31(21)22)35-32(37-29)33(5,6)7;1-10-7-8-12(13-9-10)11-5-3-2-4-6-11;/h8-12,14-18H,1-7H3;2-5,7-9H,1H3;/q2*-1;/i18D;;. The van der Waals surface area contributed by atoms with Crippen molar-refractivity contribution >= 4 is 43.5 Å². The minimum Gasteiger partial charge on any atom is -0.501 e. The van der Waals surface area contributed by atoms with Crippen molar-refractivity contribution in [2.24, 2.45) is 0 Å². The Bertz CT molecular complexity index is 2500. The Balaban J connectivity index is 0.000000279. The van der Waals surface area contributed by atoms with Crippen LogP contribution >= 0.6 is 11.3 Å². The van der Waals surface area contributed by atoms with Crippen molar-refractivity contribution in [1.29, 1.82) is 0 Å². The fourth-order valence-corrected chi connectivity index (χ4v) is 7.33. The summed E-state index contributed by atoms with van der Waals surface area (Å²) >= 11 is 1.75. The van der Waals surface area contributed by atoms with Gasteiger partial charge >= 0.3 is 0 Å². The Morgan fingerprint density at radius 2 is 1.57 bits per heavy atom. The average Bonchev–Trinajstić information content (AvgIpc) is 3.69. The Hall–Kier alpha value is -4.48. The molecule has 4 heterocycles. The van der Waals surface area contributed by atoms with Crippen LogP contribution < -0.4 is 0 Å². The van der Waals surface area contributed by atoms with Gasteiger partial charge in [-0.2, -0.15) is 0 Å². The van der Waals surface area contributed by atoms with E-state index in [9.17, 15) is 0 Å². The van der Waals surface area contributed by atoms with Crippen molar-refractivity contribution in [2.75, 3.05) is 0 Å². The summed E-state index contributed by atoms with van der Waals surface area (Å²) < 4.78 is 16.5. The molecule has 0 bridgehead atoms. The van der Waals surface area contributed by atoms with E-state index in [1.165, 1.54) is 16.7 Å². The van der Waals surface area contributed by atoms with E-state index in [1.54, 1.807) is 11.3 Å². The Labute approximate surface area is 319 Å². The maximum absolute atomic E-state index is 8.82. The van der Waals surface area contributed by atoms with E-state index in [2.05, 4.69) is 100 Å². The number of nitrogens with zero attached hydrogens (tertiary/aromatic N) is 3. The van der Waals surface area contributed by atoms with Gasteiger partial charge in [0.25, 0.3) is 0 Å². The summed E-state index contributed by atoms with van der Waals surface area (Å²) in [6, 6.07) is 35.2. The van der Waals surface area contributed by atoms with Gasteiger partial charge in [-0.3, -0.25) is 0 Å². The molecule has 0 saturated heterocycles. The van der Waals surface area contributed by atoms with E-state index in [0.29, 0.717) is 0 Å². The van der Waals surface area contributed by atoms with Crippen LogP contribution in [0.4, 0.5) is 0 Å². The number of rotatable bonds is 4. The SMILES string of the molecule is Cc1ccc(-c2[c-]cccc2)nc1.[2H]C(C)(C)c1cnc(-c2[c-]ccc3c2oc2cc4nc(C(C)(C)C)sc4cc23)cc1-c1c(C)cccc1C.[Ir]. The van der Waals surface area contributed by atoms with Crippen LogP contribution in [0.1, 0.15) is 69.1 Å². The van der Waals surface area contributed by atoms with E-state index in [1.807, 2.05) is 69.6 Å². The zero-order valence-electron chi connectivity index (χ0n) is 31.2. The Morgan fingerprint density at radius 3 is 2.24 bits per heavy atom. The van der Waals surface area contributed by atoms with Crippen molar-refractivity contribution in [3.8, 4) is 33.6 Å². The number of benzene rings is 4. The number of hydrogen-bond donors (Lipinski definition) is 0. The molecule has 0 spiro atoms. The summed E-state index contributed by atoms with van der Waals surface area (Å²) in [7, 11) is 0. The van der Waals surface area contributed by atoms with Gasteiger partial charge in [-0.05, 0) is 77.5 Å². The summed E-state index contributed by atoms with van der Waals surface area (Å²) in [6.07, 6.45) is 3.73. The van der Waals surface area contributed by atoms with Gasteiger partial charge in [-0.15, -0.1) is 65.4 Å². The predicted octanol–water partition coefficient (Wildman–Crippen LogP) is 12.6. The third-order valence-corrected chi connectivity index (χ3v) is 10.4. The van der Waals surface area contributed by atoms with Gasteiger partial charge < -0.3 is 14.4 Å². The van der Waals surface area contributed by atoms with Crippen LogP contribution in [-0.2, 0) is 25.5 Å². The minimum atomic E-state index is -0.796. The van der Waals surface area contributed by atoms with Crippen LogP contribution in [0.25, 0.3) is 65.8 Å². The van der Waals surface area contributed by atoms with Gasteiger partial charge in [0.1, 0.15) is 5.58 Å². The number of fused-ring (bicyclic) bond motifs is 4. The molecule has 4 nitrogen and oxygen atoms in total. The first-order chi connectivity index (χ1) is 24.3. The molecule has 8 rings (SSSR count). The van der Waals surface area contributed by atoms with Crippen LogP contribution in [0.15, 0.2) is 102 Å². The zero-order valence-corrected chi connectivity index (χ0v) is 33.4. The zero-order chi connectivity index (χ0) is 36.1. The summed E-state index contributed by atoms with van der Waals surface area (Å²) in [4.78, 5) is 14.1. The molecule has 1 radical (unpaired) electrons. The molecule has 0 aliphatic rings. The first kappa shape index (κ1) is 34.9. The largest absolute Gasteiger partial charge is 0.501 e. The number of aryl methyl sites for hydroxylation is 3. The summed E-state index contributed by atoms with van der Waals surface area (Å²) in [5.74, 6) is -0.796. The van der Waals surface area contributed by atoms with Crippen molar-refractivity contribution < 1.29 is 25.9 Å². The van der Waals surface area contributed by atoms with E-state index in [-0.39, 0.29) is 25.5 Å². The van der Waals surface area contributed by atoms with Crippen molar-refractivity contribution in [3.05, 3.63) is 137 Å². The Kier molecular flexibility index (Phi) is 10.0. The smallest absolute Gasteiger partial charge is 0.123 e. The van der Waals surface area contributed by atoms with Gasteiger partial charge in [0.15, 0.2) is 0 Å². The maximum Gasteiger partial charge on any atom is 0.123 e. The van der Waals surface area contributed by atoms with Gasteiger partial charge in [0.05, 0.1) is 20.8 Å². The molecule has 6 heteroatoms. The van der Waals surface area contributed by atoms with Crippen LogP contribution in [0.3, 0.4) is 0 Å². The quantitative estimate of drug-likeness (QED) is 0.165. The first-order valence-electron chi connectivity index (χ1n) is 17.4. The van der Waals surface area contributed by atoms with Gasteiger partial charge in [0, 0.05) is 50.7 Å². The van der Waals surface area contributed by atoms with Crippen molar-refractivity contribution in [1.82, 2.24) is 15.0 Å². The summed E-state index contributed by atoms with van der Waals surface area (Å²) in [5, 5.41) is 3.24. The Morgan fingerprint density at radius 1 is 0.804 bits per heavy atom. The molecular weight excluding hydrogens is 823 g/mol. The molecule has 8 aromatic rings. The molecule has 259 valence electrons. The molecule has 0 amide bonds. The van der Waals surface area contributed by atoms with Gasteiger partial charge in [-0.25, -0.2) is 4.98 Å². The average molecular weight is 865 g/mol. The number of aromatic nitrogens is 3. The molecule has 0 unspecified atom stereocenters. The number of hydrogen-bond acceptors (Lipinski definition) is 5. The first-order valence-corrected chi connectivity index (χ1v) is 17.7. The molecule has 0 saturated carbocycles. The molecule has 4 aromatic heterocycles. The summed E-state index contributed by atoms with van der Waals surface area (Å²) in [6.45, 7) is 16.7. The summed E-state index contributed by atoms with van der Waals surface area (Å²) in [5.41, 5.74) is 12.8. The molecule has 0 aliphatic heterocycles. The van der Waals surface area contributed by atoms with Crippen molar-refractivity contribution in [3.63, 3.8) is 0 Å². The normalized spacial score (nSPS) is 12.0. The molecule has 51 heavy (non-hydrogen) atoms. The molecule has 0 aliphatic carbocycles. The fraction of sp³-hybridized carbons (Fsp3) is 0.222. The van der Waals surface area contributed by atoms with Crippen LogP contribution in [0.2, 0.25) is 0 Å². The number of pyridine rings is 2. The molecule has 0 fully saturated rings. The third kappa shape index (κ3) is 7.32. The van der Waals surface area contributed by atoms with E-state index in [0.717, 1.165) is 76.4 Å².